The molecule has 0 heterocycles. The van der Waals surface area contributed by atoms with Crippen LogP contribution < -0.4 is 16.8 Å². The summed E-state index contributed by atoms with van der Waals surface area (Å²) in [6.45, 7) is 1.27. The summed E-state index contributed by atoms with van der Waals surface area (Å²) in [6.07, 6.45) is -2.64. The van der Waals surface area contributed by atoms with Gasteiger partial charge in [-0.05, 0) is 6.92 Å². The highest BCUT2D eigenvalue weighted by Crippen LogP contribution is 2.18. The monoisotopic (exact) mass is 417 g/mol. The first kappa shape index (κ1) is 26.1. The van der Waals surface area contributed by atoms with E-state index in [0.717, 1.165) is 6.92 Å². The molecule has 164 valence electrons. The number of hydrogen-bond donors (Lipinski definition) is 5. The van der Waals surface area contributed by atoms with E-state index in [1.807, 2.05) is 0 Å². The summed E-state index contributed by atoms with van der Waals surface area (Å²) in [4.78, 5) is 69.6. The highest BCUT2D eigenvalue weighted by atomic mass is 16.5. The van der Waals surface area contributed by atoms with Crippen molar-refractivity contribution in [1.82, 2.24) is 5.32 Å². The molecule has 0 fully saturated rings. The highest BCUT2D eigenvalue weighted by molar-refractivity contribution is 5.94. The van der Waals surface area contributed by atoms with E-state index in [0.29, 0.717) is 0 Å². The number of ether oxygens (including phenoxy) is 1. The first-order chi connectivity index (χ1) is 13.4. The molecule has 4 atom stereocenters. The topological polar surface area (TPSA) is 216 Å². The Balaban J connectivity index is 5.06. The van der Waals surface area contributed by atoms with Gasteiger partial charge in [-0.25, -0.2) is 0 Å². The fourth-order valence-electron chi connectivity index (χ4n) is 2.45. The number of aliphatic carboxylic acids is 1. The molecule has 29 heavy (non-hydrogen) atoms. The number of rotatable bonds is 14. The van der Waals surface area contributed by atoms with Crippen LogP contribution >= 0.6 is 0 Å². The van der Waals surface area contributed by atoms with Crippen LogP contribution in [0, 0.1) is 11.8 Å². The molecule has 0 rings (SSSR count). The molecule has 2 amide bonds. The number of aliphatic hydroxyl groups is 1. The Morgan fingerprint density at radius 3 is 2.10 bits per heavy atom. The van der Waals surface area contributed by atoms with Crippen molar-refractivity contribution in [3.63, 3.8) is 0 Å². The largest absolute Gasteiger partial charge is 0.481 e. The third kappa shape index (κ3) is 10.3. The Bertz CT molecular complexity index is 650. The highest BCUT2D eigenvalue weighted by Gasteiger charge is 2.32. The summed E-state index contributed by atoms with van der Waals surface area (Å²) < 4.78 is 4.79. The summed E-state index contributed by atoms with van der Waals surface area (Å²) in [6, 6.07) is -1.19. The van der Waals surface area contributed by atoms with Crippen LogP contribution in [0.4, 0.5) is 0 Å². The van der Waals surface area contributed by atoms with Gasteiger partial charge in [-0.3, -0.25) is 28.8 Å². The predicted octanol–water partition coefficient (Wildman–Crippen LogP) is -2.52. The fraction of sp³-hybridized carbons (Fsp3) is 0.647. The molecule has 7 N–H and O–H groups in total. The number of Topliss-reactive ketones (excluding diaryl/α,β-unsaturated/α-hetero) is 2. The molecule has 0 saturated heterocycles. The summed E-state index contributed by atoms with van der Waals surface area (Å²) >= 11 is 0. The number of carboxylic acids is 1. The van der Waals surface area contributed by atoms with E-state index in [1.54, 1.807) is 0 Å². The van der Waals surface area contributed by atoms with Crippen LogP contribution in [0.3, 0.4) is 0 Å². The lowest BCUT2D eigenvalue weighted by molar-refractivity contribution is -0.157. The molecule has 0 aromatic heterocycles. The summed E-state index contributed by atoms with van der Waals surface area (Å²) in [5, 5.41) is 20.3. The van der Waals surface area contributed by atoms with Gasteiger partial charge in [-0.15, -0.1) is 0 Å². The molecular formula is C17H27N3O9. The second-order valence-electron chi connectivity index (χ2n) is 6.55. The lowest BCUT2D eigenvalue weighted by Gasteiger charge is -2.20. The maximum Gasteiger partial charge on any atom is 0.310 e. The van der Waals surface area contributed by atoms with Crippen LogP contribution in [-0.4, -0.2) is 70.8 Å². The van der Waals surface area contributed by atoms with Crippen molar-refractivity contribution in [2.75, 3.05) is 13.2 Å². The molecule has 0 bridgehead atoms. The third-order valence-electron chi connectivity index (χ3n) is 4.02. The van der Waals surface area contributed by atoms with Crippen molar-refractivity contribution in [1.29, 1.82) is 0 Å². The molecule has 12 nitrogen and oxygen atoms in total. The minimum atomic E-state index is -1.37. The number of carbonyl (C=O) groups excluding carboxylic acids is 5. The van der Waals surface area contributed by atoms with E-state index in [1.165, 1.54) is 6.92 Å². The average Bonchev–Trinajstić information content (AvgIpc) is 2.61. The Kier molecular flexibility index (Phi) is 11.3. The van der Waals surface area contributed by atoms with Gasteiger partial charge in [0.1, 0.15) is 17.8 Å². The number of carboxylic acid groups (broad SMARTS) is 1. The maximum atomic E-state index is 12.3. The SMILES string of the molecule is CC(=O)OC(C)[C@H](CC(=O)C[C@@H](CC(N)=O)C(=O)NCC(=O)[C@@H](N)CO)C(=O)O. The van der Waals surface area contributed by atoms with Crippen LogP contribution in [-0.2, 0) is 33.5 Å². The number of hydrogen-bond acceptors (Lipinski definition) is 9. The van der Waals surface area contributed by atoms with Gasteiger partial charge in [-0.1, -0.05) is 0 Å². The molecule has 0 aromatic rings. The molecule has 0 saturated carbocycles. The van der Waals surface area contributed by atoms with Gasteiger partial charge in [0.2, 0.25) is 11.8 Å². The van der Waals surface area contributed by atoms with Gasteiger partial charge >= 0.3 is 11.9 Å². The zero-order chi connectivity index (χ0) is 22.7. The zero-order valence-electron chi connectivity index (χ0n) is 16.3. The molecule has 0 spiro atoms. The van der Waals surface area contributed by atoms with Crippen LogP contribution in [0.1, 0.15) is 33.1 Å². The predicted molar refractivity (Wildman–Crippen MR) is 97.0 cm³/mol. The molecular weight excluding hydrogens is 390 g/mol. The second kappa shape index (κ2) is 12.6. The summed E-state index contributed by atoms with van der Waals surface area (Å²) in [5.41, 5.74) is 10.4. The number of esters is 1. The van der Waals surface area contributed by atoms with Gasteiger partial charge in [0.25, 0.3) is 0 Å². The molecule has 0 aliphatic heterocycles. The van der Waals surface area contributed by atoms with Crippen molar-refractivity contribution in [3.8, 4) is 0 Å². The lowest BCUT2D eigenvalue weighted by Crippen LogP contribution is -2.44. The van der Waals surface area contributed by atoms with E-state index < -0.39 is 91.7 Å². The Hall–Kier alpha value is -2.86. The Morgan fingerprint density at radius 2 is 1.66 bits per heavy atom. The fourth-order valence-corrected chi connectivity index (χ4v) is 2.45. The maximum absolute atomic E-state index is 12.3. The molecule has 0 aromatic carbocycles. The first-order valence-corrected chi connectivity index (χ1v) is 8.75. The van der Waals surface area contributed by atoms with Gasteiger partial charge in [0, 0.05) is 26.2 Å². The van der Waals surface area contributed by atoms with Gasteiger partial charge in [0.15, 0.2) is 5.78 Å². The molecule has 0 aliphatic rings. The van der Waals surface area contributed by atoms with Crippen LogP contribution in [0.5, 0.6) is 0 Å². The molecule has 0 radical (unpaired) electrons. The van der Waals surface area contributed by atoms with E-state index in [4.69, 9.17) is 21.3 Å². The number of aliphatic hydroxyl groups excluding tert-OH is 1. The minimum Gasteiger partial charge on any atom is -0.481 e. The second-order valence-corrected chi connectivity index (χ2v) is 6.55. The number of nitrogens with one attached hydrogen (secondary N) is 1. The minimum absolute atomic E-state index is 0.505. The summed E-state index contributed by atoms with van der Waals surface area (Å²) in [5.74, 6) is -7.68. The number of ketones is 2. The Labute approximate surface area is 166 Å². The van der Waals surface area contributed by atoms with Crippen LogP contribution in [0.15, 0.2) is 0 Å². The molecule has 12 heteroatoms. The number of carbonyl (C=O) groups is 6. The molecule has 1 unspecified atom stereocenters. The van der Waals surface area contributed by atoms with E-state index in [9.17, 15) is 33.9 Å². The van der Waals surface area contributed by atoms with Crippen molar-refractivity contribution in [2.45, 2.75) is 45.3 Å². The van der Waals surface area contributed by atoms with Crippen molar-refractivity contribution in [3.05, 3.63) is 0 Å². The normalized spacial score (nSPS) is 14.8. The summed E-state index contributed by atoms with van der Waals surface area (Å²) in [7, 11) is 0. The van der Waals surface area contributed by atoms with E-state index in [2.05, 4.69) is 5.32 Å². The zero-order valence-corrected chi connectivity index (χ0v) is 16.3. The van der Waals surface area contributed by atoms with E-state index in [-0.39, 0.29) is 0 Å². The van der Waals surface area contributed by atoms with E-state index >= 15 is 0 Å². The number of nitrogens with two attached hydrogens (primary N) is 2. The number of primary amides is 1. The average molecular weight is 417 g/mol. The standard InChI is InChI=1S/C17H27N3O9/c1-8(29-9(2)22)12(17(27)28)5-11(23)3-10(4-15(19)25)16(26)20-6-14(24)13(18)7-21/h8,10,12-13,21H,3-7,18H2,1-2H3,(H2,19,25)(H,20,26)(H,27,28)/t8?,10-,12-,13-/m0/s1. The van der Waals surface area contributed by atoms with Crippen molar-refractivity contribution >= 4 is 35.3 Å². The van der Waals surface area contributed by atoms with Gasteiger partial charge in [0.05, 0.1) is 25.1 Å². The molecule has 0 aliphatic carbocycles. The third-order valence-corrected chi connectivity index (χ3v) is 4.02. The number of amides is 2. The van der Waals surface area contributed by atoms with Crippen LogP contribution in [0.2, 0.25) is 0 Å². The van der Waals surface area contributed by atoms with Crippen molar-refractivity contribution < 1.29 is 43.7 Å². The smallest absolute Gasteiger partial charge is 0.310 e. The quantitative estimate of drug-likeness (QED) is 0.187. The Morgan fingerprint density at radius 1 is 1.07 bits per heavy atom. The lowest BCUT2D eigenvalue weighted by atomic mass is 9.90. The first-order valence-electron chi connectivity index (χ1n) is 8.75. The van der Waals surface area contributed by atoms with Crippen molar-refractivity contribution in [2.24, 2.45) is 23.3 Å². The van der Waals surface area contributed by atoms with Crippen LogP contribution in [0.25, 0.3) is 0 Å². The van der Waals surface area contributed by atoms with Gasteiger partial charge < -0.3 is 31.7 Å². The van der Waals surface area contributed by atoms with Gasteiger partial charge in [-0.2, -0.15) is 0 Å².